The van der Waals surface area contributed by atoms with E-state index < -0.39 is 18.5 Å². The smallest absolute Gasteiger partial charge is 0.344 e. The first-order valence-electron chi connectivity index (χ1n) is 8.65. The van der Waals surface area contributed by atoms with Crippen LogP contribution in [0.15, 0.2) is 48.5 Å². The normalized spacial score (nSPS) is 10.4. The summed E-state index contributed by atoms with van der Waals surface area (Å²) >= 11 is 0. The van der Waals surface area contributed by atoms with Crippen LogP contribution in [0, 0.1) is 0 Å². The number of carbonyl (C=O) groups excluding carboxylic acids is 3. The minimum Gasteiger partial charge on any atom is -0.482 e. The summed E-state index contributed by atoms with van der Waals surface area (Å²) in [5, 5.41) is 2.57. The molecule has 0 saturated heterocycles. The lowest BCUT2D eigenvalue weighted by Gasteiger charge is -2.13. The molecule has 0 radical (unpaired) electrons. The Morgan fingerprint density at radius 1 is 0.963 bits per heavy atom. The molecular formula is C21H23NO5. The third-order valence-corrected chi connectivity index (χ3v) is 3.83. The van der Waals surface area contributed by atoms with E-state index in [0.717, 1.165) is 5.56 Å². The number of esters is 1. The Morgan fingerprint density at radius 2 is 1.63 bits per heavy atom. The SMILES string of the molecule is CC(=O)c1ccccc1NC(=O)COC(=O)COc1ccccc1C(C)C. The Hall–Kier alpha value is -3.15. The molecule has 0 aliphatic carbocycles. The number of Topliss-reactive ketones (excluding diaryl/α,β-unsaturated/α-hetero) is 1. The number of nitrogens with one attached hydrogen (secondary N) is 1. The zero-order valence-corrected chi connectivity index (χ0v) is 15.7. The number of rotatable bonds is 8. The molecule has 2 aromatic rings. The molecule has 1 N–H and O–H groups in total. The summed E-state index contributed by atoms with van der Waals surface area (Å²) in [4.78, 5) is 35.4. The van der Waals surface area contributed by atoms with Gasteiger partial charge in [0, 0.05) is 5.56 Å². The molecule has 0 fully saturated rings. The van der Waals surface area contributed by atoms with Gasteiger partial charge in [-0.3, -0.25) is 9.59 Å². The highest BCUT2D eigenvalue weighted by molar-refractivity contribution is 6.04. The second-order valence-corrected chi connectivity index (χ2v) is 6.29. The van der Waals surface area contributed by atoms with Crippen molar-refractivity contribution in [2.75, 3.05) is 18.5 Å². The van der Waals surface area contributed by atoms with Crippen LogP contribution in [0.5, 0.6) is 5.75 Å². The Kier molecular flexibility index (Phi) is 7.11. The third-order valence-electron chi connectivity index (χ3n) is 3.83. The van der Waals surface area contributed by atoms with Gasteiger partial charge in [0.1, 0.15) is 5.75 Å². The summed E-state index contributed by atoms with van der Waals surface area (Å²) in [7, 11) is 0. The van der Waals surface area contributed by atoms with Gasteiger partial charge in [0.15, 0.2) is 19.0 Å². The van der Waals surface area contributed by atoms with Crippen LogP contribution in [0.3, 0.4) is 0 Å². The summed E-state index contributed by atoms with van der Waals surface area (Å²) in [6.45, 7) is 4.73. The van der Waals surface area contributed by atoms with Gasteiger partial charge in [-0.25, -0.2) is 4.79 Å². The minimum absolute atomic E-state index is 0.167. The molecule has 2 aromatic carbocycles. The fourth-order valence-electron chi connectivity index (χ4n) is 2.50. The largest absolute Gasteiger partial charge is 0.482 e. The number of ether oxygens (including phenoxy) is 2. The monoisotopic (exact) mass is 369 g/mol. The van der Waals surface area contributed by atoms with Crippen molar-refractivity contribution in [3.8, 4) is 5.75 Å². The van der Waals surface area contributed by atoms with Crippen LogP contribution in [0.2, 0.25) is 0 Å². The van der Waals surface area contributed by atoms with E-state index >= 15 is 0 Å². The fourth-order valence-corrected chi connectivity index (χ4v) is 2.50. The van der Waals surface area contributed by atoms with E-state index in [0.29, 0.717) is 17.0 Å². The van der Waals surface area contributed by atoms with Crippen molar-refractivity contribution in [2.24, 2.45) is 0 Å². The van der Waals surface area contributed by atoms with Gasteiger partial charge in [-0.15, -0.1) is 0 Å². The molecule has 142 valence electrons. The predicted octanol–water partition coefficient (Wildman–Crippen LogP) is 3.57. The number of ketones is 1. The zero-order valence-electron chi connectivity index (χ0n) is 15.7. The molecule has 0 saturated carbocycles. The van der Waals surface area contributed by atoms with Crippen molar-refractivity contribution >= 4 is 23.3 Å². The van der Waals surface area contributed by atoms with Crippen molar-refractivity contribution in [2.45, 2.75) is 26.7 Å². The molecule has 6 nitrogen and oxygen atoms in total. The van der Waals surface area contributed by atoms with Gasteiger partial charge in [0.05, 0.1) is 5.69 Å². The fraction of sp³-hybridized carbons (Fsp3) is 0.286. The highest BCUT2D eigenvalue weighted by Crippen LogP contribution is 2.25. The maximum Gasteiger partial charge on any atom is 0.344 e. The second-order valence-electron chi connectivity index (χ2n) is 6.29. The lowest BCUT2D eigenvalue weighted by molar-refractivity contribution is -0.149. The zero-order chi connectivity index (χ0) is 19.8. The average molecular weight is 369 g/mol. The third kappa shape index (κ3) is 5.95. The van der Waals surface area contributed by atoms with Crippen molar-refractivity contribution in [3.63, 3.8) is 0 Å². The summed E-state index contributed by atoms with van der Waals surface area (Å²) in [5.74, 6) is -0.475. The van der Waals surface area contributed by atoms with Crippen molar-refractivity contribution in [1.29, 1.82) is 0 Å². The highest BCUT2D eigenvalue weighted by Gasteiger charge is 2.13. The number of para-hydroxylation sites is 2. The minimum atomic E-state index is -0.649. The van der Waals surface area contributed by atoms with E-state index in [1.54, 1.807) is 30.3 Å². The van der Waals surface area contributed by atoms with E-state index in [9.17, 15) is 14.4 Å². The van der Waals surface area contributed by atoms with E-state index in [1.807, 2.05) is 32.0 Å². The number of hydrogen-bond donors (Lipinski definition) is 1. The molecule has 0 aliphatic rings. The lowest BCUT2D eigenvalue weighted by Crippen LogP contribution is -2.24. The van der Waals surface area contributed by atoms with E-state index in [-0.39, 0.29) is 18.3 Å². The first-order chi connectivity index (χ1) is 12.9. The van der Waals surface area contributed by atoms with E-state index in [2.05, 4.69) is 5.32 Å². The molecule has 0 aliphatic heterocycles. The topological polar surface area (TPSA) is 81.7 Å². The van der Waals surface area contributed by atoms with Crippen LogP contribution in [-0.2, 0) is 14.3 Å². The first kappa shape index (κ1) is 20.2. The summed E-state index contributed by atoms with van der Waals surface area (Å²) < 4.78 is 10.4. The number of hydrogen-bond acceptors (Lipinski definition) is 5. The van der Waals surface area contributed by atoms with E-state index in [4.69, 9.17) is 9.47 Å². The van der Waals surface area contributed by atoms with Gasteiger partial charge >= 0.3 is 5.97 Å². The number of amides is 1. The van der Waals surface area contributed by atoms with Crippen LogP contribution in [-0.4, -0.2) is 30.9 Å². The molecule has 6 heteroatoms. The first-order valence-corrected chi connectivity index (χ1v) is 8.65. The standard InChI is InChI=1S/C21H23NO5/c1-14(2)16-8-5-7-11-19(16)26-13-21(25)27-12-20(24)22-18-10-6-4-9-17(18)15(3)23/h4-11,14H,12-13H2,1-3H3,(H,22,24). The maximum atomic E-state index is 12.0. The Bertz CT molecular complexity index is 829. The molecule has 0 heterocycles. The molecule has 0 spiro atoms. The number of anilines is 1. The van der Waals surface area contributed by atoms with Crippen molar-refractivity contribution in [1.82, 2.24) is 0 Å². The molecule has 0 aromatic heterocycles. The van der Waals surface area contributed by atoms with Gasteiger partial charge in [0.2, 0.25) is 0 Å². The summed E-state index contributed by atoms with van der Waals surface area (Å²) in [6.07, 6.45) is 0. The van der Waals surface area contributed by atoms with Gasteiger partial charge < -0.3 is 14.8 Å². The molecule has 0 bridgehead atoms. The van der Waals surface area contributed by atoms with Gasteiger partial charge in [-0.1, -0.05) is 44.2 Å². The molecule has 2 rings (SSSR count). The molecular weight excluding hydrogens is 346 g/mol. The Morgan fingerprint density at radius 3 is 2.33 bits per heavy atom. The Balaban J connectivity index is 1.84. The van der Waals surface area contributed by atoms with Gasteiger partial charge in [-0.05, 0) is 36.6 Å². The number of benzene rings is 2. The average Bonchev–Trinajstić information content (AvgIpc) is 2.65. The molecule has 27 heavy (non-hydrogen) atoms. The quantitative estimate of drug-likeness (QED) is 0.568. The summed E-state index contributed by atoms with van der Waals surface area (Å²) in [5.41, 5.74) is 1.77. The summed E-state index contributed by atoms with van der Waals surface area (Å²) in [6, 6.07) is 14.1. The van der Waals surface area contributed by atoms with Crippen LogP contribution in [0.1, 0.15) is 42.6 Å². The molecule has 1 amide bonds. The predicted molar refractivity (Wildman–Crippen MR) is 102 cm³/mol. The van der Waals surface area contributed by atoms with Crippen LogP contribution >= 0.6 is 0 Å². The van der Waals surface area contributed by atoms with E-state index in [1.165, 1.54) is 6.92 Å². The van der Waals surface area contributed by atoms with Crippen LogP contribution < -0.4 is 10.1 Å². The number of carbonyl (C=O) groups is 3. The van der Waals surface area contributed by atoms with Crippen LogP contribution in [0.25, 0.3) is 0 Å². The van der Waals surface area contributed by atoms with Crippen LogP contribution in [0.4, 0.5) is 5.69 Å². The van der Waals surface area contributed by atoms with Crippen molar-refractivity contribution in [3.05, 3.63) is 59.7 Å². The second kappa shape index (κ2) is 9.52. The van der Waals surface area contributed by atoms with Crippen molar-refractivity contribution < 1.29 is 23.9 Å². The lowest BCUT2D eigenvalue weighted by atomic mass is 10.0. The maximum absolute atomic E-state index is 12.0. The van der Waals surface area contributed by atoms with Gasteiger partial charge in [0.25, 0.3) is 5.91 Å². The molecule has 0 unspecified atom stereocenters. The highest BCUT2D eigenvalue weighted by atomic mass is 16.6. The van der Waals surface area contributed by atoms with Gasteiger partial charge in [-0.2, -0.15) is 0 Å². The Labute approximate surface area is 158 Å². The molecule has 0 atom stereocenters.